The molecular weight excluding hydrogens is 380 g/mol. The van der Waals surface area contributed by atoms with Crippen LogP contribution in [-0.2, 0) is 0 Å². The summed E-state index contributed by atoms with van der Waals surface area (Å²) >= 11 is 6.06. The summed E-state index contributed by atoms with van der Waals surface area (Å²) in [7, 11) is 8.01. The molecule has 0 fully saturated rings. The molecule has 0 amide bonds. The number of benzene rings is 2. The summed E-state index contributed by atoms with van der Waals surface area (Å²) < 4.78 is 0. The van der Waals surface area contributed by atoms with Crippen molar-refractivity contribution in [3.63, 3.8) is 0 Å². The molecule has 1 aromatic heterocycles. The van der Waals surface area contributed by atoms with Crippen molar-refractivity contribution in [2.75, 3.05) is 38.0 Å². The smallest absolute Gasteiger partial charge is 0.224 e. The van der Waals surface area contributed by atoms with E-state index < -0.39 is 0 Å². The molecule has 0 saturated carbocycles. The predicted octanol–water partition coefficient (Wildman–Crippen LogP) is 4.06. The zero-order valence-electron chi connectivity index (χ0n) is 16.9. The van der Waals surface area contributed by atoms with Crippen LogP contribution in [0.25, 0.3) is 0 Å². The van der Waals surface area contributed by atoms with Gasteiger partial charge in [-0.2, -0.15) is 0 Å². The summed E-state index contributed by atoms with van der Waals surface area (Å²) in [4.78, 5) is 12.4. The molecule has 0 radical (unpaired) electrons. The summed E-state index contributed by atoms with van der Waals surface area (Å²) in [5, 5.41) is 0.131. The van der Waals surface area contributed by atoms with Gasteiger partial charge in [0.2, 0.25) is 5.28 Å². The third kappa shape index (κ3) is 5.75. The van der Waals surface area contributed by atoms with Crippen LogP contribution in [0.15, 0.2) is 54.6 Å². The summed E-state index contributed by atoms with van der Waals surface area (Å²) in [5.41, 5.74) is 5.12. The Morgan fingerprint density at radius 2 is 1.00 bits per heavy atom. The molecule has 0 spiro atoms. The van der Waals surface area contributed by atoms with Gasteiger partial charge in [0.05, 0.1) is 0 Å². The van der Waals surface area contributed by atoms with E-state index in [2.05, 4.69) is 33.6 Å². The summed E-state index contributed by atoms with van der Waals surface area (Å²) in [6, 6.07) is 17.7. The first kappa shape index (κ1) is 20.3. The fourth-order valence-electron chi connectivity index (χ4n) is 2.50. The van der Waals surface area contributed by atoms with Crippen molar-refractivity contribution in [1.82, 2.24) is 9.97 Å². The molecule has 5 heteroatoms. The average molecular weight is 401 g/mol. The van der Waals surface area contributed by atoms with Gasteiger partial charge in [0.15, 0.2) is 0 Å². The van der Waals surface area contributed by atoms with E-state index in [9.17, 15) is 0 Å². The largest absolute Gasteiger partial charge is 0.378 e. The minimum atomic E-state index is 0.131. The highest BCUT2D eigenvalue weighted by atomic mass is 35.5. The maximum atomic E-state index is 6.06. The lowest BCUT2D eigenvalue weighted by Gasteiger charge is -2.11. The van der Waals surface area contributed by atoms with Crippen molar-refractivity contribution in [3.8, 4) is 23.7 Å². The topological polar surface area (TPSA) is 32.3 Å². The molecule has 0 aliphatic heterocycles. The molecule has 3 aromatic rings. The van der Waals surface area contributed by atoms with E-state index in [1.54, 1.807) is 6.07 Å². The first-order valence-corrected chi connectivity index (χ1v) is 9.42. The number of anilines is 2. The van der Waals surface area contributed by atoms with Crippen molar-refractivity contribution >= 4 is 23.0 Å². The average Bonchev–Trinajstić information content (AvgIpc) is 2.71. The van der Waals surface area contributed by atoms with Crippen molar-refractivity contribution in [2.45, 2.75) is 0 Å². The molecular formula is C24H21ClN4. The van der Waals surface area contributed by atoms with E-state index in [1.165, 1.54) is 0 Å². The molecule has 29 heavy (non-hydrogen) atoms. The Kier molecular flexibility index (Phi) is 6.39. The Bertz CT molecular complexity index is 1020. The summed E-state index contributed by atoms with van der Waals surface area (Å²) in [6.45, 7) is 0. The minimum absolute atomic E-state index is 0.131. The van der Waals surface area contributed by atoms with E-state index in [1.807, 2.05) is 86.5 Å². The van der Waals surface area contributed by atoms with Crippen molar-refractivity contribution in [2.24, 2.45) is 0 Å². The first-order chi connectivity index (χ1) is 13.9. The lowest BCUT2D eigenvalue weighted by Crippen LogP contribution is -2.07. The Hall–Kier alpha value is -3.47. The van der Waals surface area contributed by atoms with Gasteiger partial charge in [0.1, 0.15) is 11.4 Å². The van der Waals surface area contributed by atoms with Crippen LogP contribution in [0.3, 0.4) is 0 Å². The van der Waals surface area contributed by atoms with Crippen molar-refractivity contribution < 1.29 is 0 Å². The molecule has 0 N–H and O–H groups in total. The van der Waals surface area contributed by atoms with E-state index >= 15 is 0 Å². The highest BCUT2D eigenvalue weighted by Gasteiger charge is 2.00. The highest BCUT2D eigenvalue weighted by molar-refractivity contribution is 6.28. The zero-order chi connectivity index (χ0) is 20.8. The van der Waals surface area contributed by atoms with Gasteiger partial charge in [-0.05, 0) is 72.0 Å². The number of aromatic nitrogens is 2. The van der Waals surface area contributed by atoms with Crippen LogP contribution < -0.4 is 9.80 Å². The van der Waals surface area contributed by atoms with Gasteiger partial charge in [0.25, 0.3) is 0 Å². The van der Waals surface area contributed by atoms with Crippen LogP contribution in [0, 0.1) is 23.7 Å². The zero-order valence-corrected chi connectivity index (χ0v) is 17.6. The molecule has 0 bridgehead atoms. The monoisotopic (exact) mass is 400 g/mol. The number of hydrogen-bond acceptors (Lipinski definition) is 4. The van der Waals surface area contributed by atoms with Gasteiger partial charge in [-0.15, -0.1) is 0 Å². The van der Waals surface area contributed by atoms with Gasteiger partial charge >= 0.3 is 0 Å². The number of halogens is 1. The summed E-state index contributed by atoms with van der Waals surface area (Å²) in [5.74, 6) is 12.3. The normalized spacial score (nSPS) is 9.69. The second-order valence-corrected chi connectivity index (χ2v) is 7.13. The molecule has 144 valence electrons. The Morgan fingerprint density at radius 1 is 0.621 bits per heavy atom. The standard InChI is InChI=1S/C24H21ClN4/c1-28(2)22-13-7-18(8-14-22)5-11-20-17-21(27-24(25)26-20)12-6-19-9-15-23(16-10-19)29(3)4/h7-10,13-17H,1-4H3. The quantitative estimate of drug-likeness (QED) is 0.479. The van der Waals surface area contributed by atoms with Crippen LogP contribution in [-0.4, -0.2) is 38.2 Å². The second kappa shape index (κ2) is 9.15. The van der Waals surface area contributed by atoms with Gasteiger partial charge in [0, 0.05) is 56.8 Å². The van der Waals surface area contributed by atoms with E-state index in [0.29, 0.717) is 11.4 Å². The predicted molar refractivity (Wildman–Crippen MR) is 121 cm³/mol. The Balaban J connectivity index is 1.80. The third-order valence-corrected chi connectivity index (χ3v) is 4.31. The maximum absolute atomic E-state index is 6.06. The van der Waals surface area contributed by atoms with E-state index in [-0.39, 0.29) is 5.28 Å². The molecule has 0 saturated heterocycles. The van der Waals surface area contributed by atoms with Gasteiger partial charge in [-0.1, -0.05) is 11.8 Å². The molecule has 0 unspecified atom stereocenters. The first-order valence-electron chi connectivity index (χ1n) is 9.04. The molecule has 2 aromatic carbocycles. The molecule has 4 nitrogen and oxygen atoms in total. The van der Waals surface area contributed by atoms with Crippen molar-refractivity contribution in [3.05, 3.63) is 82.4 Å². The molecule has 3 rings (SSSR count). The van der Waals surface area contributed by atoms with Crippen LogP contribution in [0.5, 0.6) is 0 Å². The minimum Gasteiger partial charge on any atom is -0.378 e. The van der Waals surface area contributed by atoms with Crippen LogP contribution in [0.1, 0.15) is 22.5 Å². The SMILES string of the molecule is CN(C)c1ccc(C#Cc2cc(C#Cc3ccc(N(C)C)cc3)nc(Cl)n2)cc1. The molecule has 1 heterocycles. The van der Waals surface area contributed by atoms with E-state index in [4.69, 9.17) is 11.6 Å². The molecule has 0 atom stereocenters. The Labute approximate surface area is 177 Å². The third-order valence-electron chi connectivity index (χ3n) is 4.14. The van der Waals surface area contributed by atoms with Gasteiger partial charge in [-0.25, -0.2) is 9.97 Å². The summed E-state index contributed by atoms with van der Waals surface area (Å²) in [6.07, 6.45) is 0. The van der Waals surface area contributed by atoms with E-state index in [0.717, 1.165) is 22.5 Å². The van der Waals surface area contributed by atoms with Gasteiger partial charge in [-0.3, -0.25) is 0 Å². The Morgan fingerprint density at radius 3 is 1.34 bits per heavy atom. The highest BCUT2D eigenvalue weighted by Crippen LogP contribution is 2.13. The van der Waals surface area contributed by atoms with Crippen LogP contribution in [0.2, 0.25) is 5.28 Å². The number of nitrogens with zero attached hydrogens (tertiary/aromatic N) is 4. The molecule has 0 aliphatic carbocycles. The fraction of sp³-hybridized carbons (Fsp3) is 0.167. The molecule has 0 aliphatic rings. The lowest BCUT2D eigenvalue weighted by molar-refractivity contribution is 1.13. The maximum Gasteiger partial charge on any atom is 0.224 e. The number of hydrogen-bond donors (Lipinski definition) is 0. The van der Waals surface area contributed by atoms with Gasteiger partial charge < -0.3 is 9.80 Å². The van der Waals surface area contributed by atoms with Crippen molar-refractivity contribution in [1.29, 1.82) is 0 Å². The second-order valence-electron chi connectivity index (χ2n) is 6.79. The van der Waals surface area contributed by atoms with Crippen LogP contribution >= 0.6 is 11.6 Å². The number of rotatable bonds is 2. The lowest BCUT2D eigenvalue weighted by atomic mass is 10.2. The van der Waals surface area contributed by atoms with Crippen LogP contribution in [0.4, 0.5) is 11.4 Å². The fourth-order valence-corrected chi connectivity index (χ4v) is 2.69.